The molecule has 0 saturated heterocycles. The molecule has 0 aliphatic carbocycles. The van der Waals surface area contributed by atoms with Gasteiger partial charge in [0.2, 0.25) is 0 Å². The second-order valence-electron chi connectivity index (χ2n) is 5.97. The Morgan fingerprint density at radius 2 is 1.68 bits per heavy atom. The number of nitrogens with zero attached hydrogens (tertiary/aromatic N) is 1. The van der Waals surface area contributed by atoms with E-state index in [1.165, 1.54) is 18.2 Å². The van der Waals surface area contributed by atoms with Crippen molar-refractivity contribution in [3.8, 4) is 0 Å². The molecule has 3 rings (SSSR count). The van der Waals surface area contributed by atoms with Crippen LogP contribution in [0.3, 0.4) is 0 Å². The average Bonchev–Trinajstić information content (AvgIpc) is 2.89. The van der Waals surface area contributed by atoms with E-state index in [0.717, 1.165) is 0 Å². The number of benzene rings is 2. The van der Waals surface area contributed by atoms with Crippen molar-refractivity contribution in [2.45, 2.75) is 11.3 Å². The third-order valence-electron chi connectivity index (χ3n) is 4.12. The van der Waals surface area contributed by atoms with Gasteiger partial charge in [0.25, 0.3) is 21.8 Å². The van der Waals surface area contributed by atoms with E-state index in [2.05, 4.69) is 5.32 Å². The number of carbonyl (C=O) groups is 3. The van der Waals surface area contributed by atoms with E-state index < -0.39 is 21.9 Å². The molecule has 2 amide bonds. The lowest BCUT2D eigenvalue weighted by Gasteiger charge is -2.15. The van der Waals surface area contributed by atoms with E-state index in [1.54, 1.807) is 36.4 Å². The van der Waals surface area contributed by atoms with Gasteiger partial charge in [-0.25, -0.2) is 12.7 Å². The zero-order chi connectivity index (χ0) is 20.1. The number of esters is 1. The van der Waals surface area contributed by atoms with Crippen LogP contribution in [0.15, 0.2) is 59.5 Å². The summed E-state index contributed by atoms with van der Waals surface area (Å²) in [5.41, 5.74) is 0.589. The Hall–Kier alpha value is -3.20. The van der Waals surface area contributed by atoms with Crippen molar-refractivity contribution in [3.05, 3.63) is 65.7 Å². The minimum absolute atomic E-state index is 0.0463. The van der Waals surface area contributed by atoms with Gasteiger partial charge in [0.05, 0.1) is 18.5 Å². The Kier molecular flexibility index (Phi) is 5.74. The van der Waals surface area contributed by atoms with Crippen LogP contribution in [-0.4, -0.2) is 50.2 Å². The Balaban J connectivity index is 1.44. The molecular formula is C19H18N2O6S. The van der Waals surface area contributed by atoms with E-state index in [1.807, 2.05) is 0 Å². The summed E-state index contributed by atoms with van der Waals surface area (Å²) >= 11 is 0. The van der Waals surface area contributed by atoms with Crippen LogP contribution in [0.2, 0.25) is 0 Å². The van der Waals surface area contributed by atoms with Gasteiger partial charge < -0.3 is 10.1 Å². The van der Waals surface area contributed by atoms with Crippen LogP contribution >= 0.6 is 0 Å². The molecule has 1 N–H and O–H groups in total. The molecular weight excluding hydrogens is 384 g/mol. The van der Waals surface area contributed by atoms with Crippen molar-refractivity contribution < 1.29 is 27.5 Å². The lowest BCUT2D eigenvalue weighted by molar-refractivity contribution is -0.143. The summed E-state index contributed by atoms with van der Waals surface area (Å²) in [6.07, 6.45) is -0.0699. The molecule has 0 atom stereocenters. The number of sulfonamides is 1. The van der Waals surface area contributed by atoms with Crippen molar-refractivity contribution in [3.63, 3.8) is 0 Å². The third-order valence-corrected chi connectivity index (χ3v) is 5.96. The van der Waals surface area contributed by atoms with Crippen LogP contribution < -0.4 is 5.32 Å². The third kappa shape index (κ3) is 4.04. The molecule has 2 aromatic rings. The first-order valence-electron chi connectivity index (χ1n) is 8.56. The molecule has 0 fully saturated rings. The average molecular weight is 402 g/mol. The van der Waals surface area contributed by atoms with Gasteiger partial charge >= 0.3 is 5.97 Å². The lowest BCUT2D eigenvalue weighted by atomic mass is 10.2. The summed E-state index contributed by atoms with van der Waals surface area (Å²) in [4.78, 5) is 35.8. The van der Waals surface area contributed by atoms with Gasteiger partial charge in [-0.1, -0.05) is 30.3 Å². The number of hydrogen-bond acceptors (Lipinski definition) is 6. The van der Waals surface area contributed by atoms with E-state index >= 15 is 0 Å². The van der Waals surface area contributed by atoms with Gasteiger partial charge in [0.15, 0.2) is 0 Å². The van der Waals surface area contributed by atoms with Crippen molar-refractivity contribution in [1.82, 2.24) is 9.62 Å². The molecule has 1 aliphatic heterocycles. The first-order valence-corrected chi connectivity index (χ1v) is 10.0. The van der Waals surface area contributed by atoms with E-state index in [-0.39, 0.29) is 42.5 Å². The van der Waals surface area contributed by atoms with Crippen molar-refractivity contribution in [2.75, 3.05) is 19.7 Å². The van der Waals surface area contributed by atoms with E-state index in [0.29, 0.717) is 9.87 Å². The number of fused-ring (bicyclic) bond motifs is 1. The Morgan fingerprint density at radius 3 is 2.39 bits per heavy atom. The summed E-state index contributed by atoms with van der Waals surface area (Å²) in [6, 6.07) is 14.5. The maximum absolute atomic E-state index is 12.4. The minimum Gasteiger partial charge on any atom is -0.464 e. The van der Waals surface area contributed by atoms with Gasteiger partial charge in [-0.05, 0) is 24.3 Å². The molecule has 0 radical (unpaired) electrons. The van der Waals surface area contributed by atoms with E-state index in [9.17, 15) is 22.8 Å². The highest BCUT2D eigenvalue weighted by molar-refractivity contribution is 7.90. The lowest BCUT2D eigenvalue weighted by Crippen LogP contribution is -2.34. The minimum atomic E-state index is -3.92. The fourth-order valence-corrected chi connectivity index (χ4v) is 4.29. The zero-order valence-electron chi connectivity index (χ0n) is 14.8. The Bertz CT molecular complexity index is 1000. The highest BCUT2D eigenvalue weighted by Gasteiger charge is 2.40. The molecule has 0 spiro atoms. The predicted octanol–water partition coefficient (Wildman–Crippen LogP) is 1.19. The van der Waals surface area contributed by atoms with Gasteiger partial charge in [0.1, 0.15) is 11.5 Å². The first kappa shape index (κ1) is 19.6. The van der Waals surface area contributed by atoms with Gasteiger partial charge in [-0.15, -0.1) is 0 Å². The molecule has 1 aliphatic rings. The molecule has 28 heavy (non-hydrogen) atoms. The summed E-state index contributed by atoms with van der Waals surface area (Å²) in [5.74, 6) is -1.54. The molecule has 8 nitrogen and oxygen atoms in total. The number of nitrogens with one attached hydrogen (secondary N) is 1. The molecule has 0 aromatic heterocycles. The van der Waals surface area contributed by atoms with Crippen LogP contribution in [0.5, 0.6) is 0 Å². The highest BCUT2D eigenvalue weighted by atomic mass is 32.2. The highest BCUT2D eigenvalue weighted by Crippen LogP contribution is 2.29. The van der Waals surface area contributed by atoms with Crippen LogP contribution in [0.4, 0.5) is 0 Å². The van der Waals surface area contributed by atoms with E-state index in [4.69, 9.17) is 4.74 Å². The number of ether oxygens (including phenoxy) is 1. The van der Waals surface area contributed by atoms with Crippen molar-refractivity contribution >= 4 is 27.8 Å². The Labute approximate surface area is 162 Å². The van der Waals surface area contributed by atoms with Crippen molar-refractivity contribution in [2.24, 2.45) is 0 Å². The van der Waals surface area contributed by atoms with Crippen LogP contribution in [0.1, 0.15) is 27.1 Å². The maximum atomic E-state index is 12.4. The number of amides is 2. The fourth-order valence-electron chi connectivity index (χ4n) is 2.74. The molecule has 146 valence electrons. The fraction of sp³-hybridized carbons (Fsp3) is 0.211. The largest absolute Gasteiger partial charge is 0.464 e. The molecule has 0 bridgehead atoms. The smallest absolute Gasteiger partial charge is 0.307 e. The predicted molar refractivity (Wildman–Crippen MR) is 99.0 cm³/mol. The van der Waals surface area contributed by atoms with Crippen LogP contribution in [0.25, 0.3) is 0 Å². The monoisotopic (exact) mass is 402 g/mol. The molecule has 0 unspecified atom stereocenters. The summed E-state index contributed by atoms with van der Waals surface area (Å²) < 4.78 is 30.4. The second-order valence-corrected chi connectivity index (χ2v) is 7.80. The standard InChI is InChI=1S/C19H18N2O6S/c22-17(10-11-20-18(23)14-6-2-1-3-7-14)27-13-12-21-19(24)15-8-4-5-9-16(15)28(21,25)26/h1-9H,10-13H2,(H,20,23). The molecule has 9 heteroatoms. The van der Waals surface area contributed by atoms with Crippen LogP contribution in [-0.2, 0) is 19.6 Å². The SMILES string of the molecule is O=C(CCNC(=O)c1ccccc1)OCCN1C(=O)c2ccccc2S1(=O)=O. The Morgan fingerprint density at radius 1 is 1.00 bits per heavy atom. The zero-order valence-corrected chi connectivity index (χ0v) is 15.6. The van der Waals surface area contributed by atoms with Crippen LogP contribution in [0, 0.1) is 0 Å². The quantitative estimate of drug-likeness (QED) is 0.697. The first-order chi connectivity index (χ1) is 13.4. The summed E-state index contributed by atoms with van der Waals surface area (Å²) in [5, 5.41) is 2.59. The topological polar surface area (TPSA) is 110 Å². The number of rotatable bonds is 7. The van der Waals surface area contributed by atoms with Gasteiger partial charge in [0, 0.05) is 12.1 Å². The van der Waals surface area contributed by atoms with Crippen molar-refractivity contribution in [1.29, 1.82) is 0 Å². The normalized spacial score (nSPS) is 14.4. The number of hydrogen-bond donors (Lipinski definition) is 1. The second kappa shape index (κ2) is 8.22. The summed E-state index contributed by atoms with van der Waals surface area (Å²) in [6.45, 7) is -0.443. The molecule has 1 heterocycles. The molecule has 2 aromatic carbocycles. The summed E-state index contributed by atoms with van der Waals surface area (Å²) in [7, 11) is -3.92. The molecule has 0 saturated carbocycles. The number of carbonyl (C=O) groups excluding carboxylic acids is 3. The van der Waals surface area contributed by atoms with Gasteiger partial charge in [-0.3, -0.25) is 14.4 Å². The van der Waals surface area contributed by atoms with Gasteiger partial charge in [-0.2, -0.15) is 0 Å². The maximum Gasteiger partial charge on any atom is 0.307 e.